The Balaban J connectivity index is 2.49. The molecule has 6 heteroatoms. The monoisotopic (exact) mass is 204 g/mol. The number of aromatic nitrogens is 5. The lowest BCUT2D eigenvalue weighted by atomic mass is 10.3. The van der Waals surface area contributed by atoms with Crippen molar-refractivity contribution in [3.8, 4) is 11.5 Å². The van der Waals surface area contributed by atoms with Gasteiger partial charge in [0, 0.05) is 12.2 Å². The number of anilines is 1. The lowest BCUT2D eigenvalue weighted by Crippen LogP contribution is -2.04. The second-order valence-electron chi connectivity index (χ2n) is 3.46. The molecular weight excluding hydrogens is 192 g/mol. The number of nitrogens with two attached hydrogens (primary N) is 1. The van der Waals surface area contributed by atoms with Crippen LogP contribution < -0.4 is 5.73 Å². The molecule has 0 fully saturated rings. The first-order valence-electron chi connectivity index (χ1n) is 4.67. The van der Waals surface area contributed by atoms with E-state index in [0.29, 0.717) is 11.5 Å². The molecule has 2 aromatic rings. The third kappa shape index (κ3) is 1.78. The Bertz CT molecular complexity index is 461. The predicted molar refractivity (Wildman–Crippen MR) is 55.8 cm³/mol. The van der Waals surface area contributed by atoms with Gasteiger partial charge in [0.15, 0.2) is 5.82 Å². The van der Waals surface area contributed by atoms with Crippen molar-refractivity contribution in [2.75, 3.05) is 5.73 Å². The van der Waals surface area contributed by atoms with E-state index in [9.17, 15) is 0 Å². The lowest BCUT2D eigenvalue weighted by Gasteiger charge is -2.08. The number of nitrogens with zero attached hydrogens (tertiary/aromatic N) is 5. The van der Waals surface area contributed by atoms with E-state index in [0.717, 1.165) is 0 Å². The van der Waals surface area contributed by atoms with Gasteiger partial charge in [0.05, 0.1) is 0 Å². The molecule has 0 atom stereocenters. The summed E-state index contributed by atoms with van der Waals surface area (Å²) in [6, 6.07) is 2.05. The Morgan fingerprint density at radius 2 is 2.20 bits per heavy atom. The Hall–Kier alpha value is -1.98. The van der Waals surface area contributed by atoms with Crippen molar-refractivity contribution in [1.29, 1.82) is 0 Å². The van der Waals surface area contributed by atoms with E-state index in [1.54, 1.807) is 18.6 Å². The van der Waals surface area contributed by atoms with Crippen molar-refractivity contribution in [3.63, 3.8) is 0 Å². The average Bonchev–Trinajstić information content (AvgIpc) is 2.65. The van der Waals surface area contributed by atoms with Crippen molar-refractivity contribution < 1.29 is 0 Å². The summed E-state index contributed by atoms with van der Waals surface area (Å²) in [6.45, 7) is 4.11. The van der Waals surface area contributed by atoms with Gasteiger partial charge in [-0.25, -0.2) is 9.97 Å². The van der Waals surface area contributed by atoms with E-state index in [2.05, 4.69) is 34.0 Å². The van der Waals surface area contributed by atoms with Crippen LogP contribution in [0.4, 0.5) is 5.95 Å². The summed E-state index contributed by atoms with van der Waals surface area (Å²) < 4.78 is 1.93. The summed E-state index contributed by atoms with van der Waals surface area (Å²) in [5, 5.41) is 7.88. The van der Waals surface area contributed by atoms with Crippen LogP contribution in [0.1, 0.15) is 19.9 Å². The number of rotatable bonds is 2. The van der Waals surface area contributed by atoms with E-state index in [1.165, 1.54) is 0 Å². The average molecular weight is 204 g/mol. The van der Waals surface area contributed by atoms with Crippen molar-refractivity contribution >= 4 is 5.95 Å². The molecular formula is C9H12N6. The molecule has 0 saturated carbocycles. The summed E-state index contributed by atoms with van der Waals surface area (Å²) >= 11 is 0. The Labute approximate surface area is 87.2 Å². The molecule has 0 spiro atoms. The summed E-state index contributed by atoms with van der Waals surface area (Å²) in [5.41, 5.74) is 6.20. The molecule has 6 nitrogen and oxygen atoms in total. The second kappa shape index (κ2) is 3.64. The van der Waals surface area contributed by atoms with Crippen LogP contribution in [0, 0.1) is 0 Å². The summed E-state index contributed by atoms with van der Waals surface area (Å²) in [6.07, 6.45) is 3.29. The third-order valence-electron chi connectivity index (χ3n) is 2.03. The van der Waals surface area contributed by atoms with Gasteiger partial charge in [0.1, 0.15) is 12.0 Å². The Morgan fingerprint density at radius 3 is 2.87 bits per heavy atom. The van der Waals surface area contributed by atoms with E-state index in [1.807, 2.05) is 4.57 Å². The molecule has 15 heavy (non-hydrogen) atoms. The maximum absolute atomic E-state index is 5.51. The minimum Gasteiger partial charge on any atom is -0.368 e. The third-order valence-corrected chi connectivity index (χ3v) is 2.03. The zero-order chi connectivity index (χ0) is 10.8. The Morgan fingerprint density at radius 1 is 1.40 bits per heavy atom. The predicted octanol–water partition coefficient (Wildman–Crippen LogP) is 0.898. The van der Waals surface area contributed by atoms with Crippen LogP contribution in [0.2, 0.25) is 0 Å². The fourth-order valence-corrected chi connectivity index (χ4v) is 1.30. The van der Waals surface area contributed by atoms with E-state index in [4.69, 9.17) is 5.73 Å². The highest BCUT2D eigenvalue weighted by Gasteiger charge is 2.10. The van der Waals surface area contributed by atoms with Gasteiger partial charge >= 0.3 is 0 Å². The molecule has 0 unspecified atom stereocenters. The largest absolute Gasteiger partial charge is 0.368 e. The summed E-state index contributed by atoms with van der Waals surface area (Å²) in [5.74, 6) is 0.949. The fraction of sp³-hybridized carbons (Fsp3) is 0.333. The normalized spacial score (nSPS) is 10.9. The van der Waals surface area contributed by atoms with Crippen molar-refractivity contribution in [3.05, 3.63) is 18.6 Å². The fourth-order valence-electron chi connectivity index (χ4n) is 1.30. The van der Waals surface area contributed by atoms with Crippen LogP contribution in [0.15, 0.2) is 18.6 Å². The quantitative estimate of drug-likeness (QED) is 0.785. The number of nitrogen functional groups attached to an aromatic ring is 1. The lowest BCUT2D eigenvalue weighted by molar-refractivity contribution is 0.603. The molecule has 0 aliphatic carbocycles. The molecule has 2 N–H and O–H groups in total. The molecule has 0 bridgehead atoms. The molecule has 0 amide bonds. The van der Waals surface area contributed by atoms with Gasteiger partial charge < -0.3 is 10.3 Å². The summed E-state index contributed by atoms with van der Waals surface area (Å²) in [7, 11) is 0. The molecule has 2 rings (SSSR count). The highest BCUT2D eigenvalue weighted by Crippen LogP contribution is 2.17. The van der Waals surface area contributed by atoms with Gasteiger partial charge in [0.25, 0.3) is 0 Å². The first-order chi connectivity index (χ1) is 7.18. The minimum atomic E-state index is 0.241. The van der Waals surface area contributed by atoms with E-state index in [-0.39, 0.29) is 12.0 Å². The highest BCUT2D eigenvalue weighted by molar-refractivity contribution is 5.50. The van der Waals surface area contributed by atoms with Crippen LogP contribution in [0.3, 0.4) is 0 Å². The number of hydrogen-bond acceptors (Lipinski definition) is 5. The SMILES string of the molecule is CC(C)n1cnnc1-c1ccnc(N)n1. The molecule has 0 aliphatic heterocycles. The smallest absolute Gasteiger partial charge is 0.220 e. The van der Waals surface area contributed by atoms with Crippen molar-refractivity contribution in [1.82, 2.24) is 24.7 Å². The van der Waals surface area contributed by atoms with Gasteiger partial charge in [-0.05, 0) is 19.9 Å². The zero-order valence-corrected chi connectivity index (χ0v) is 8.62. The van der Waals surface area contributed by atoms with Crippen LogP contribution in [0.25, 0.3) is 11.5 Å². The summed E-state index contributed by atoms with van der Waals surface area (Å²) in [4.78, 5) is 7.94. The first kappa shape index (κ1) is 9.57. The van der Waals surface area contributed by atoms with E-state index >= 15 is 0 Å². The maximum atomic E-state index is 5.51. The molecule has 2 aromatic heterocycles. The van der Waals surface area contributed by atoms with Gasteiger partial charge in [-0.3, -0.25) is 0 Å². The van der Waals surface area contributed by atoms with Crippen LogP contribution in [-0.4, -0.2) is 24.7 Å². The maximum Gasteiger partial charge on any atom is 0.220 e. The number of hydrogen-bond donors (Lipinski definition) is 1. The molecule has 0 radical (unpaired) electrons. The van der Waals surface area contributed by atoms with Gasteiger partial charge in [-0.2, -0.15) is 0 Å². The Kier molecular flexibility index (Phi) is 2.32. The first-order valence-corrected chi connectivity index (χ1v) is 4.67. The van der Waals surface area contributed by atoms with Crippen LogP contribution in [0.5, 0.6) is 0 Å². The standard InChI is InChI=1S/C9H12N6/c1-6(2)15-5-12-14-8(15)7-3-4-11-9(10)13-7/h3-6H,1-2H3,(H2,10,11,13). The van der Waals surface area contributed by atoms with E-state index < -0.39 is 0 Å². The minimum absolute atomic E-state index is 0.241. The molecule has 78 valence electrons. The van der Waals surface area contributed by atoms with Crippen molar-refractivity contribution in [2.45, 2.75) is 19.9 Å². The van der Waals surface area contributed by atoms with Crippen LogP contribution in [-0.2, 0) is 0 Å². The van der Waals surface area contributed by atoms with Gasteiger partial charge in [0.2, 0.25) is 5.95 Å². The second-order valence-corrected chi connectivity index (χ2v) is 3.46. The zero-order valence-electron chi connectivity index (χ0n) is 8.62. The molecule has 0 saturated heterocycles. The van der Waals surface area contributed by atoms with Crippen molar-refractivity contribution in [2.24, 2.45) is 0 Å². The topological polar surface area (TPSA) is 82.5 Å². The van der Waals surface area contributed by atoms with Gasteiger partial charge in [-0.1, -0.05) is 0 Å². The molecule has 0 aliphatic rings. The highest BCUT2D eigenvalue weighted by atomic mass is 15.3. The van der Waals surface area contributed by atoms with Crippen LogP contribution >= 0.6 is 0 Å². The van der Waals surface area contributed by atoms with Gasteiger partial charge in [-0.15, -0.1) is 10.2 Å². The molecule has 2 heterocycles. The molecule has 0 aromatic carbocycles.